The van der Waals surface area contributed by atoms with Crippen molar-refractivity contribution in [3.05, 3.63) is 22.1 Å². The number of aromatic nitrogens is 2. The molecule has 0 saturated carbocycles. The van der Waals surface area contributed by atoms with Crippen LogP contribution in [0.3, 0.4) is 0 Å². The molecular formula is C11H13N3O3. The van der Waals surface area contributed by atoms with Crippen LogP contribution in [-0.2, 0) is 6.54 Å². The SMILES string of the molecule is COc1c2n(ncc1=O)C[C@H]1CCCN1C2=O. The van der Waals surface area contributed by atoms with Crippen molar-refractivity contribution in [2.75, 3.05) is 13.7 Å². The van der Waals surface area contributed by atoms with Crippen molar-refractivity contribution in [1.29, 1.82) is 0 Å². The monoisotopic (exact) mass is 235 g/mol. The number of hydrogen-bond donors (Lipinski definition) is 0. The molecule has 3 heterocycles. The first-order valence-electron chi connectivity index (χ1n) is 5.67. The zero-order valence-electron chi connectivity index (χ0n) is 9.55. The van der Waals surface area contributed by atoms with Crippen molar-refractivity contribution >= 4 is 5.91 Å². The Kier molecular flexibility index (Phi) is 2.17. The third kappa shape index (κ3) is 1.36. The van der Waals surface area contributed by atoms with Gasteiger partial charge < -0.3 is 9.64 Å². The lowest BCUT2D eigenvalue weighted by atomic mass is 10.1. The largest absolute Gasteiger partial charge is 0.491 e. The first-order chi connectivity index (χ1) is 8.22. The number of methoxy groups -OCH3 is 1. The zero-order chi connectivity index (χ0) is 12.0. The normalized spacial score (nSPS) is 22.3. The van der Waals surface area contributed by atoms with E-state index in [0.717, 1.165) is 19.4 Å². The summed E-state index contributed by atoms with van der Waals surface area (Å²) >= 11 is 0. The van der Waals surface area contributed by atoms with Gasteiger partial charge in [-0.2, -0.15) is 5.10 Å². The molecule has 1 atom stereocenters. The lowest BCUT2D eigenvalue weighted by Crippen LogP contribution is -2.46. The molecule has 1 saturated heterocycles. The lowest BCUT2D eigenvalue weighted by molar-refractivity contribution is 0.0648. The first kappa shape index (κ1) is 10.3. The quantitative estimate of drug-likeness (QED) is 0.680. The number of carbonyl (C=O) groups excluding carboxylic acids is 1. The highest BCUT2D eigenvalue weighted by Gasteiger charge is 2.38. The minimum atomic E-state index is -0.343. The predicted molar refractivity (Wildman–Crippen MR) is 59.1 cm³/mol. The lowest BCUT2D eigenvalue weighted by Gasteiger charge is -2.31. The van der Waals surface area contributed by atoms with E-state index in [2.05, 4.69) is 5.10 Å². The molecule has 2 aliphatic rings. The van der Waals surface area contributed by atoms with Crippen LogP contribution in [0, 0.1) is 0 Å². The molecule has 90 valence electrons. The van der Waals surface area contributed by atoms with E-state index in [1.807, 2.05) is 4.90 Å². The zero-order valence-corrected chi connectivity index (χ0v) is 9.55. The number of fused-ring (bicyclic) bond motifs is 2. The number of amides is 1. The Morgan fingerprint density at radius 1 is 1.47 bits per heavy atom. The van der Waals surface area contributed by atoms with Crippen molar-refractivity contribution < 1.29 is 9.53 Å². The average molecular weight is 235 g/mol. The molecule has 1 amide bonds. The van der Waals surface area contributed by atoms with Crippen LogP contribution >= 0.6 is 0 Å². The summed E-state index contributed by atoms with van der Waals surface area (Å²) in [6, 6.07) is 0.217. The van der Waals surface area contributed by atoms with E-state index in [1.54, 1.807) is 4.68 Å². The standard InChI is InChI=1S/C11H13N3O3/c1-17-10-8(15)5-12-14-6-7-3-2-4-13(7)11(16)9(10)14/h5,7H,2-4,6H2,1H3/t7-/m1/s1. The number of rotatable bonds is 1. The van der Waals surface area contributed by atoms with Gasteiger partial charge in [-0.25, -0.2) is 0 Å². The molecule has 0 aromatic carbocycles. The van der Waals surface area contributed by atoms with Crippen LogP contribution in [0.25, 0.3) is 0 Å². The van der Waals surface area contributed by atoms with E-state index in [4.69, 9.17) is 4.74 Å². The van der Waals surface area contributed by atoms with E-state index >= 15 is 0 Å². The Balaban J connectivity index is 2.18. The summed E-state index contributed by atoms with van der Waals surface area (Å²) in [5.41, 5.74) is -0.0529. The van der Waals surface area contributed by atoms with Crippen LogP contribution in [0.15, 0.2) is 11.0 Å². The van der Waals surface area contributed by atoms with Crippen LogP contribution in [0.2, 0.25) is 0 Å². The first-order valence-corrected chi connectivity index (χ1v) is 5.67. The molecule has 2 aliphatic heterocycles. The number of hydrogen-bond acceptors (Lipinski definition) is 4. The third-order valence-corrected chi connectivity index (χ3v) is 3.44. The van der Waals surface area contributed by atoms with E-state index in [1.165, 1.54) is 13.3 Å². The van der Waals surface area contributed by atoms with Crippen LogP contribution < -0.4 is 10.2 Å². The Morgan fingerprint density at radius 3 is 3.06 bits per heavy atom. The fourth-order valence-corrected chi connectivity index (χ4v) is 2.64. The Bertz CT molecular complexity index is 537. The maximum absolute atomic E-state index is 12.3. The van der Waals surface area contributed by atoms with E-state index < -0.39 is 0 Å². The van der Waals surface area contributed by atoms with Gasteiger partial charge >= 0.3 is 0 Å². The van der Waals surface area contributed by atoms with Crippen LogP contribution in [0.4, 0.5) is 0 Å². The molecule has 0 N–H and O–H groups in total. The van der Waals surface area contributed by atoms with E-state index in [9.17, 15) is 9.59 Å². The van der Waals surface area contributed by atoms with Gasteiger partial charge in [0.25, 0.3) is 5.91 Å². The van der Waals surface area contributed by atoms with Crippen LogP contribution in [-0.4, -0.2) is 40.3 Å². The van der Waals surface area contributed by atoms with Gasteiger partial charge in [0.2, 0.25) is 5.43 Å². The summed E-state index contributed by atoms with van der Waals surface area (Å²) in [4.78, 5) is 25.7. The maximum atomic E-state index is 12.3. The van der Waals surface area contributed by atoms with Crippen molar-refractivity contribution in [1.82, 2.24) is 14.7 Å². The second-order valence-corrected chi connectivity index (χ2v) is 4.37. The van der Waals surface area contributed by atoms with Gasteiger partial charge in [-0.05, 0) is 12.8 Å². The summed E-state index contributed by atoms with van der Waals surface area (Å²) in [7, 11) is 1.40. The summed E-state index contributed by atoms with van der Waals surface area (Å²) in [5, 5.41) is 4.01. The van der Waals surface area contributed by atoms with Crippen molar-refractivity contribution in [2.24, 2.45) is 0 Å². The number of nitrogens with zero attached hydrogens (tertiary/aromatic N) is 3. The molecule has 17 heavy (non-hydrogen) atoms. The third-order valence-electron chi connectivity index (χ3n) is 3.44. The molecule has 1 fully saturated rings. The molecule has 6 heteroatoms. The van der Waals surface area contributed by atoms with Crippen molar-refractivity contribution in [3.63, 3.8) is 0 Å². The van der Waals surface area contributed by atoms with Crippen molar-refractivity contribution in [3.8, 4) is 5.75 Å². The second kappa shape index (κ2) is 3.58. The van der Waals surface area contributed by atoms with Gasteiger partial charge in [-0.1, -0.05) is 0 Å². The number of ether oxygens (including phenoxy) is 1. The van der Waals surface area contributed by atoms with Crippen molar-refractivity contribution in [2.45, 2.75) is 25.4 Å². The molecule has 0 unspecified atom stereocenters. The summed E-state index contributed by atoms with van der Waals surface area (Å²) in [5.74, 6) is -0.0313. The molecule has 0 radical (unpaired) electrons. The second-order valence-electron chi connectivity index (χ2n) is 4.37. The fraction of sp³-hybridized carbons (Fsp3) is 0.545. The maximum Gasteiger partial charge on any atom is 0.276 e. The summed E-state index contributed by atoms with van der Waals surface area (Å²) < 4.78 is 6.63. The van der Waals surface area contributed by atoms with Gasteiger partial charge in [0.05, 0.1) is 25.9 Å². The molecule has 0 bridgehead atoms. The summed E-state index contributed by atoms with van der Waals surface area (Å²) in [6.45, 7) is 1.41. The molecule has 6 nitrogen and oxygen atoms in total. The predicted octanol–water partition coefficient (Wildman–Crippen LogP) is -0.130. The summed E-state index contributed by atoms with van der Waals surface area (Å²) in [6.07, 6.45) is 3.22. The molecule has 1 aromatic heterocycles. The topological polar surface area (TPSA) is 64.4 Å². The van der Waals surface area contributed by atoms with Crippen LogP contribution in [0.1, 0.15) is 23.3 Å². The minimum Gasteiger partial charge on any atom is -0.491 e. The average Bonchev–Trinajstić information content (AvgIpc) is 2.78. The molecule has 0 spiro atoms. The highest BCUT2D eigenvalue weighted by atomic mass is 16.5. The van der Waals surface area contributed by atoms with Gasteiger partial charge in [0, 0.05) is 6.54 Å². The van der Waals surface area contributed by atoms with Gasteiger partial charge in [0.1, 0.15) is 0 Å². The number of carbonyl (C=O) groups is 1. The Labute approximate surface area is 97.8 Å². The Hall–Kier alpha value is -1.85. The van der Waals surface area contributed by atoms with Gasteiger partial charge in [0.15, 0.2) is 11.4 Å². The molecule has 3 rings (SSSR count). The molecule has 1 aromatic rings. The smallest absolute Gasteiger partial charge is 0.276 e. The van der Waals surface area contributed by atoms with Crippen LogP contribution in [0.5, 0.6) is 5.75 Å². The van der Waals surface area contributed by atoms with E-state index in [-0.39, 0.29) is 28.8 Å². The van der Waals surface area contributed by atoms with Gasteiger partial charge in [-0.15, -0.1) is 0 Å². The minimum absolute atomic E-state index is 0.107. The van der Waals surface area contributed by atoms with E-state index in [0.29, 0.717) is 6.54 Å². The van der Waals surface area contributed by atoms with Gasteiger partial charge in [-0.3, -0.25) is 14.3 Å². The highest BCUT2D eigenvalue weighted by molar-refractivity contribution is 5.96. The fourth-order valence-electron chi connectivity index (χ4n) is 2.64. The molecular weight excluding hydrogens is 222 g/mol. The Morgan fingerprint density at radius 2 is 2.29 bits per heavy atom. The highest BCUT2D eigenvalue weighted by Crippen LogP contribution is 2.28. The molecule has 0 aliphatic carbocycles.